The van der Waals surface area contributed by atoms with Crippen molar-refractivity contribution in [1.82, 2.24) is 0 Å². The summed E-state index contributed by atoms with van der Waals surface area (Å²) >= 11 is 0. The lowest BCUT2D eigenvalue weighted by Crippen LogP contribution is -1.89. The number of carboxylic acids is 1. The molecule has 0 radical (unpaired) electrons. The third-order valence-corrected chi connectivity index (χ3v) is 1.43. The minimum absolute atomic E-state index is 0.159. The second-order valence-corrected chi connectivity index (χ2v) is 2.57. The molecule has 1 N–H and O–H groups in total. The monoisotopic (exact) mass is 156 g/mol. The molecule has 2 heteroatoms. The van der Waals surface area contributed by atoms with Crippen LogP contribution in [0.15, 0.2) is 12.2 Å². The largest absolute Gasteiger partial charge is 0.481 e. The molecular weight excluding hydrogens is 140 g/mol. The van der Waals surface area contributed by atoms with Crippen LogP contribution in [0, 0.1) is 0 Å². The number of hydrogen-bond donors (Lipinski definition) is 1. The van der Waals surface area contributed by atoms with Crippen molar-refractivity contribution in [3.8, 4) is 0 Å². The summed E-state index contributed by atoms with van der Waals surface area (Å²) in [6.45, 7) is 2.15. The molecule has 0 amide bonds. The van der Waals surface area contributed by atoms with E-state index < -0.39 is 5.97 Å². The smallest absolute Gasteiger partial charge is 0.307 e. The Hall–Kier alpha value is -0.790. The molecule has 0 aliphatic heterocycles. The third-order valence-electron chi connectivity index (χ3n) is 1.43. The highest BCUT2D eigenvalue weighted by atomic mass is 16.4. The molecule has 0 bridgehead atoms. The lowest BCUT2D eigenvalue weighted by atomic mass is 10.2. The van der Waals surface area contributed by atoms with Crippen molar-refractivity contribution >= 4 is 5.97 Å². The molecule has 64 valence electrons. The molecule has 11 heavy (non-hydrogen) atoms. The zero-order valence-electron chi connectivity index (χ0n) is 7.05. The molecule has 0 aliphatic carbocycles. The number of unbranched alkanes of at least 4 members (excludes halogenated alkanes) is 3. The van der Waals surface area contributed by atoms with Crippen molar-refractivity contribution < 1.29 is 9.90 Å². The van der Waals surface area contributed by atoms with Gasteiger partial charge in [0.2, 0.25) is 0 Å². The Morgan fingerprint density at radius 1 is 1.36 bits per heavy atom. The van der Waals surface area contributed by atoms with Crippen molar-refractivity contribution in [3.63, 3.8) is 0 Å². The summed E-state index contributed by atoms with van der Waals surface area (Å²) in [6, 6.07) is 0. The van der Waals surface area contributed by atoms with E-state index >= 15 is 0 Å². The number of carboxylic acid groups (broad SMARTS) is 1. The van der Waals surface area contributed by atoms with E-state index in [1.54, 1.807) is 6.08 Å². The van der Waals surface area contributed by atoms with Gasteiger partial charge in [0.25, 0.3) is 0 Å². The Balaban J connectivity index is 3.10. The summed E-state index contributed by atoms with van der Waals surface area (Å²) in [4.78, 5) is 10.0. The fourth-order valence-electron chi connectivity index (χ4n) is 0.814. The standard InChI is InChI=1S/C9H16O2/c1-2-3-4-5-6-7-8-9(10)11/h6-7H,2-5,8H2,1H3,(H,10,11)/b7-6+. The van der Waals surface area contributed by atoms with Gasteiger partial charge >= 0.3 is 5.97 Å². The van der Waals surface area contributed by atoms with Gasteiger partial charge in [-0.3, -0.25) is 4.79 Å². The van der Waals surface area contributed by atoms with E-state index in [9.17, 15) is 4.79 Å². The van der Waals surface area contributed by atoms with Crippen LogP contribution < -0.4 is 0 Å². The number of rotatable bonds is 6. The van der Waals surface area contributed by atoms with Gasteiger partial charge in [0.1, 0.15) is 0 Å². The first-order valence-corrected chi connectivity index (χ1v) is 4.14. The van der Waals surface area contributed by atoms with Crippen LogP contribution in [-0.4, -0.2) is 11.1 Å². The fourth-order valence-corrected chi connectivity index (χ4v) is 0.814. The molecule has 0 atom stereocenters. The van der Waals surface area contributed by atoms with E-state index in [0.717, 1.165) is 6.42 Å². The Bertz CT molecular complexity index is 128. The van der Waals surface area contributed by atoms with Gasteiger partial charge in [-0.15, -0.1) is 0 Å². The van der Waals surface area contributed by atoms with Crippen LogP contribution in [0.4, 0.5) is 0 Å². The number of allylic oxidation sites excluding steroid dienone is 1. The third kappa shape index (κ3) is 9.21. The maximum atomic E-state index is 10.0. The van der Waals surface area contributed by atoms with Gasteiger partial charge in [-0.05, 0) is 12.8 Å². The number of carbonyl (C=O) groups is 1. The summed E-state index contributed by atoms with van der Waals surface area (Å²) < 4.78 is 0. The molecule has 0 fully saturated rings. The van der Waals surface area contributed by atoms with E-state index in [2.05, 4.69) is 6.92 Å². The molecule has 0 saturated carbocycles. The van der Waals surface area contributed by atoms with Crippen molar-refractivity contribution in [1.29, 1.82) is 0 Å². The highest BCUT2D eigenvalue weighted by Gasteiger charge is 1.88. The molecule has 0 aromatic rings. The maximum absolute atomic E-state index is 10.0. The Kier molecular flexibility index (Phi) is 6.79. The van der Waals surface area contributed by atoms with Crippen LogP contribution in [0.2, 0.25) is 0 Å². The van der Waals surface area contributed by atoms with Gasteiger partial charge in [0.15, 0.2) is 0 Å². The predicted octanol–water partition coefficient (Wildman–Crippen LogP) is 2.60. The van der Waals surface area contributed by atoms with Crippen molar-refractivity contribution in [3.05, 3.63) is 12.2 Å². The molecular formula is C9H16O2. The molecule has 0 heterocycles. The molecule has 0 spiro atoms. The van der Waals surface area contributed by atoms with Gasteiger partial charge in [-0.2, -0.15) is 0 Å². The number of aliphatic carboxylic acids is 1. The first-order valence-electron chi connectivity index (χ1n) is 4.14. The topological polar surface area (TPSA) is 37.3 Å². The van der Waals surface area contributed by atoms with E-state index in [1.165, 1.54) is 19.3 Å². The van der Waals surface area contributed by atoms with Gasteiger partial charge < -0.3 is 5.11 Å². The van der Waals surface area contributed by atoms with E-state index in [0.29, 0.717) is 0 Å². The first kappa shape index (κ1) is 10.2. The van der Waals surface area contributed by atoms with Crippen LogP contribution in [-0.2, 0) is 4.79 Å². The van der Waals surface area contributed by atoms with Crippen LogP contribution >= 0.6 is 0 Å². The highest BCUT2D eigenvalue weighted by molar-refractivity contribution is 5.68. The Morgan fingerprint density at radius 3 is 2.64 bits per heavy atom. The minimum Gasteiger partial charge on any atom is -0.481 e. The van der Waals surface area contributed by atoms with Gasteiger partial charge in [0, 0.05) is 0 Å². The minimum atomic E-state index is -0.753. The lowest BCUT2D eigenvalue weighted by Gasteiger charge is -1.90. The predicted molar refractivity (Wildman–Crippen MR) is 45.5 cm³/mol. The van der Waals surface area contributed by atoms with Crippen molar-refractivity contribution in [2.45, 2.75) is 39.0 Å². The van der Waals surface area contributed by atoms with Gasteiger partial charge in [-0.25, -0.2) is 0 Å². The molecule has 0 rings (SSSR count). The van der Waals surface area contributed by atoms with Crippen LogP contribution in [0.25, 0.3) is 0 Å². The average molecular weight is 156 g/mol. The second kappa shape index (κ2) is 7.32. The SMILES string of the molecule is CCCCC/C=C/CC(=O)O. The normalized spacial score (nSPS) is 10.6. The molecule has 0 saturated heterocycles. The van der Waals surface area contributed by atoms with E-state index in [-0.39, 0.29) is 6.42 Å². The zero-order valence-corrected chi connectivity index (χ0v) is 7.05. The molecule has 0 aliphatic rings. The summed E-state index contributed by atoms with van der Waals surface area (Å²) in [5.74, 6) is -0.753. The lowest BCUT2D eigenvalue weighted by molar-refractivity contribution is -0.136. The second-order valence-electron chi connectivity index (χ2n) is 2.57. The van der Waals surface area contributed by atoms with Gasteiger partial charge in [-0.1, -0.05) is 31.9 Å². The summed E-state index contributed by atoms with van der Waals surface area (Å²) in [5.41, 5.74) is 0. The van der Waals surface area contributed by atoms with Crippen LogP contribution in [0.3, 0.4) is 0 Å². The van der Waals surface area contributed by atoms with Gasteiger partial charge in [0.05, 0.1) is 6.42 Å². The maximum Gasteiger partial charge on any atom is 0.307 e. The highest BCUT2D eigenvalue weighted by Crippen LogP contribution is 1.99. The Morgan fingerprint density at radius 2 is 2.09 bits per heavy atom. The van der Waals surface area contributed by atoms with Crippen molar-refractivity contribution in [2.24, 2.45) is 0 Å². The molecule has 0 aromatic carbocycles. The molecule has 2 nitrogen and oxygen atoms in total. The summed E-state index contributed by atoms with van der Waals surface area (Å²) in [6.07, 6.45) is 8.46. The molecule has 0 unspecified atom stereocenters. The van der Waals surface area contributed by atoms with E-state index in [4.69, 9.17) is 5.11 Å². The number of hydrogen-bond acceptors (Lipinski definition) is 1. The first-order chi connectivity index (χ1) is 5.27. The van der Waals surface area contributed by atoms with Crippen LogP contribution in [0.1, 0.15) is 39.0 Å². The van der Waals surface area contributed by atoms with Crippen molar-refractivity contribution in [2.75, 3.05) is 0 Å². The summed E-state index contributed by atoms with van der Waals surface area (Å²) in [7, 11) is 0. The summed E-state index contributed by atoms with van der Waals surface area (Å²) in [5, 5.41) is 8.26. The van der Waals surface area contributed by atoms with Crippen LogP contribution in [0.5, 0.6) is 0 Å². The van der Waals surface area contributed by atoms with E-state index in [1.807, 2.05) is 6.08 Å². The molecule has 0 aromatic heterocycles. The average Bonchev–Trinajstić information content (AvgIpc) is 1.96. The Labute approximate surface area is 67.9 Å². The fraction of sp³-hybridized carbons (Fsp3) is 0.667. The quantitative estimate of drug-likeness (QED) is 0.474. The zero-order chi connectivity index (χ0) is 8.53.